The lowest BCUT2D eigenvalue weighted by molar-refractivity contribution is -0.142. The van der Waals surface area contributed by atoms with Gasteiger partial charge in [-0.05, 0) is 40.4 Å². The summed E-state index contributed by atoms with van der Waals surface area (Å²) in [6, 6.07) is 7.34. The van der Waals surface area contributed by atoms with E-state index in [9.17, 15) is 18.0 Å². The molecule has 1 amide bonds. The Morgan fingerprint density at radius 3 is 2.70 bits per heavy atom. The molecule has 1 aromatic carbocycles. The second-order valence-electron chi connectivity index (χ2n) is 7.04. The smallest absolute Gasteiger partial charge is 0.322 e. The highest BCUT2D eigenvalue weighted by atomic mass is 79.9. The zero-order valence-corrected chi connectivity index (χ0v) is 17.8. The molecule has 0 spiro atoms. The van der Waals surface area contributed by atoms with Crippen LogP contribution in [-0.4, -0.2) is 25.5 Å². The van der Waals surface area contributed by atoms with Gasteiger partial charge in [-0.2, -0.15) is 23.4 Å². The van der Waals surface area contributed by atoms with Gasteiger partial charge in [-0.25, -0.2) is 0 Å². The highest BCUT2D eigenvalue weighted by molar-refractivity contribution is 9.10. The van der Waals surface area contributed by atoms with Gasteiger partial charge in [0.15, 0.2) is 5.69 Å². The Labute approximate surface area is 183 Å². The summed E-state index contributed by atoms with van der Waals surface area (Å²) in [7, 11) is 0. The van der Waals surface area contributed by atoms with Crippen LogP contribution in [0.5, 0.6) is 0 Å². The van der Waals surface area contributed by atoms with E-state index >= 15 is 0 Å². The molecule has 0 aliphatic heterocycles. The SMILES string of the molecule is O=C(Cn1nc(C(F)(F)F)c(Br)c1C1CC1)Nc1cnn(Cc2ccccc2Cl)c1. The van der Waals surface area contributed by atoms with Crippen molar-refractivity contribution in [3.8, 4) is 0 Å². The Bertz CT molecular complexity index is 1090. The zero-order chi connectivity index (χ0) is 21.5. The van der Waals surface area contributed by atoms with Gasteiger partial charge in [0.25, 0.3) is 0 Å². The van der Waals surface area contributed by atoms with Crippen LogP contribution in [0.3, 0.4) is 0 Å². The normalized spacial score (nSPS) is 14.2. The fourth-order valence-corrected chi connectivity index (χ4v) is 4.18. The molecule has 158 valence electrons. The minimum absolute atomic E-state index is 0.0193. The largest absolute Gasteiger partial charge is 0.436 e. The summed E-state index contributed by atoms with van der Waals surface area (Å²) < 4.78 is 42.2. The molecule has 30 heavy (non-hydrogen) atoms. The van der Waals surface area contributed by atoms with Crippen LogP contribution in [0.4, 0.5) is 18.9 Å². The van der Waals surface area contributed by atoms with Crippen molar-refractivity contribution in [2.24, 2.45) is 0 Å². The van der Waals surface area contributed by atoms with E-state index in [2.05, 4.69) is 31.4 Å². The lowest BCUT2D eigenvalue weighted by Gasteiger charge is -2.07. The summed E-state index contributed by atoms with van der Waals surface area (Å²) >= 11 is 9.16. The van der Waals surface area contributed by atoms with Crippen molar-refractivity contribution in [1.82, 2.24) is 19.6 Å². The van der Waals surface area contributed by atoms with Crippen LogP contribution in [0, 0.1) is 0 Å². The van der Waals surface area contributed by atoms with Crippen LogP contribution < -0.4 is 5.32 Å². The Kier molecular flexibility index (Phi) is 5.63. The van der Waals surface area contributed by atoms with E-state index in [-0.39, 0.29) is 16.9 Å². The van der Waals surface area contributed by atoms with Crippen LogP contribution >= 0.6 is 27.5 Å². The number of carbonyl (C=O) groups excluding carboxylic acids is 1. The van der Waals surface area contributed by atoms with Gasteiger partial charge < -0.3 is 5.32 Å². The number of amides is 1. The summed E-state index contributed by atoms with van der Waals surface area (Å²) in [6.45, 7) is 0.0959. The monoisotopic (exact) mass is 501 g/mol. The van der Waals surface area contributed by atoms with Gasteiger partial charge in [0.05, 0.1) is 28.6 Å². The van der Waals surface area contributed by atoms with Crippen molar-refractivity contribution in [3.63, 3.8) is 0 Å². The Hall–Kier alpha value is -2.33. The van der Waals surface area contributed by atoms with Crippen LogP contribution in [0.2, 0.25) is 5.02 Å². The highest BCUT2D eigenvalue weighted by Crippen LogP contribution is 2.46. The predicted octanol–water partition coefficient (Wildman–Crippen LogP) is 5.08. The van der Waals surface area contributed by atoms with Gasteiger partial charge in [0, 0.05) is 17.1 Å². The molecule has 1 N–H and O–H groups in total. The standard InChI is InChI=1S/C19H16BrClF3N5O/c20-16-17(11-5-6-11)29(27-18(16)19(22,23)24)10-15(30)26-13-7-25-28(9-13)8-12-3-1-2-4-14(12)21/h1-4,7,9,11H,5-6,8,10H2,(H,26,30). The van der Waals surface area contributed by atoms with Crippen LogP contribution in [-0.2, 0) is 24.1 Å². The first-order valence-corrected chi connectivity index (χ1v) is 10.3. The predicted molar refractivity (Wildman–Crippen MR) is 108 cm³/mol. The number of nitrogens with zero attached hydrogens (tertiary/aromatic N) is 4. The molecule has 1 fully saturated rings. The third-order valence-corrected chi connectivity index (χ3v) is 5.82. The lowest BCUT2D eigenvalue weighted by atomic mass is 10.2. The maximum absolute atomic E-state index is 13.2. The fraction of sp³-hybridized carbons (Fsp3) is 0.316. The summed E-state index contributed by atoms with van der Waals surface area (Å²) in [5.74, 6) is -0.507. The zero-order valence-electron chi connectivity index (χ0n) is 15.5. The Balaban J connectivity index is 1.46. The molecular weight excluding hydrogens is 487 g/mol. The summed E-state index contributed by atoms with van der Waals surface area (Å²) in [5, 5.41) is 11.1. The average Bonchev–Trinajstić information content (AvgIpc) is 3.31. The number of carbonyl (C=O) groups is 1. The number of benzene rings is 1. The molecule has 0 radical (unpaired) electrons. The molecule has 2 heterocycles. The van der Waals surface area contributed by atoms with E-state index in [4.69, 9.17) is 11.6 Å². The molecule has 1 saturated carbocycles. The summed E-state index contributed by atoms with van der Waals surface area (Å²) in [5.41, 5.74) is 0.703. The Morgan fingerprint density at radius 2 is 2.03 bits per heavy atom. The van der Waals surface area contributed by atoms with Gasteiger partial charge in [0.2, 0.25) is 5.91 Å². The quantitative estimate of drug-likeness (QED) is 0.511. The fourth-order valence-electron chi connectivity index (χ4n) is 3.15. The molecule has 0 atom stereocenters. The van der Waals surface area contributed by atoms with E-state index in [1.54, 1.807) is 16.9 Å². The lowest BCUT2D eigenvalue weighted by Crippen LogP contribution is -2.21. The number of hydrogen-bond donors (Lipinski definition) is 1. The van der Waals surface area contributed by atoms with E-state index in [1.165, 1.54) is 6.20 Å². The topological polar surface area (TPSA) is 64.7 Å². The molecule has 4 rings (SSSR count). The van der Waals surface area contributed by atoms with Gasteiger partial charge in [-0.15, -0.1) is 0 Å². The minimum Gasteiger partial charge on any atom is -0.322 e. The highest BCUT2D eigenvalue weighted by Gasteiger charge is 2.41. The maximum atomic E-state index is 13.2. The van der Waals surface area contributed by atoms with Crippen molar-refractivity contribution < 1.29 is 18.0 Å². The molecule has 11 heteroatoms. The minimum atomic E-state index is -4.59. The number of halogens is 5. The maximum Gasteiger partial charge on any atom is 0.436 e. The molecule has 6 nitrogen and oxygen atoms in total. The molecular formula is C19H16BrClF3N5O. The molecule has 0 saturated heterocycles. The van der Waals surface area contributed by atoms with Crippen LogP contribution in [0.1, 0.15) is 35.7 Å². The van der Waals surface area contributed by atoms with E-state index in [0.29, 0.717) is 22.9 Å². The second-order valence-corrected chi connectivity index (χ2v) is 8.24. The number of rotatable bonds is 6. The van der Waals surface area contributed by atoms with Crippen LogP contribution in [0.25, 0.3) is 0 Å². The average molecular weight is 503 g/mol. The number of anilines is 1. The summed E-state index contributed by atoms with van der Waals surface area (Å²) in [6.07, 6.45) is 0.0555. The van der Waals surface area contributed by atoms with Crippen molar-refractivity contribution >= 4 is 39.1 Å². The first-order valence-electron chi connectivity index (χ1n) is 9.11. The Morgan fingerprint density at radius 1 is 1.30 bits per heavy atom. The van der Waals surface area contributed by atoms with Crippen LogP contribution in [0.15, 0.2) is 41.1 Å². The van der Waals surface area contributed by atoms with Crippen molar-refractivity contribution in [2.75, 3.05) is 5.32 Å². The van der Waals surface area contributed by atoms with Gasteiger partial charge in [-0.3, -0.25) is 14.2 Å². The van der Waals surface area contributed by atoms with Gasteiger partial charge >= 0.3 is 6.18 Å². The molecule has 1 aliphatic carbocycles. The first kappa shape index (κ1) is 20.9. The van der Waals surface area contributed by atoms with Crippen molar-refractivity contribution in [3.05, 3.63) is 63.1 Å². The molecule has 2 aromatic heterocycles. The van der Waals surface area contributed by atoms with E-state index in [0.717, 1.165) is 23.1 Å². The third kappa shape index (κ3) is 4.54. The van der Waals surface area contributed by atoms with Gasteiger partial charge in [-0.1, -0.05) is 29.8 Å². The van der Waals surface area contributed by atoms with Crippen molar-refractivity contribution in [1.29, 1.82) is 0 Å². The van der Waals surface area contributed by atoms with E-state index in [1.807, 2.05) is 18.2 Å². The summed E-state index contributed by atoms with van der Waals surface area (Å²) in [4.78, 5) is 12.4. The number of aromatic nitrogens is 4. The number of alkyl halides is 3. The molecule has 0 bridgehead atoms. The first-order chi connectivity index (χ1) is 14.2. The molecule has 1 aliphatic rings. The van der Waals surface area contributed by atoms with Gasteiger partial charge in [0.1, 0.15) is 6.54 Å². The molecule has 3 aromatic rings. The molecule has 0 unspecified atom stereocenters. The van der Waals surface area contributed by atoms with Crippen molar-refractivity contribution in [2.45, 2.75) is 38.0 Å². The third-order valence-electron chi connectivity index (χ3n) is 4.66. The second kappa shape index (κ2) is 8.07. The number of hydrogen-bond acceptors (Lipinski definition) is 3. The number of nitrogens with one attached hydrogen (secondary N) is 1. The van der Waals surface area contributed by atoms with E-state index < -0.39 is 17.8 Å².